The topological polar surface area (TPSA) is 79.4 Å². The maximum Gasteiger partial charge on any atom is 0.161 e. The molecule has 2 N–H and O–H groups in total. The number of carbonyl (C=O) groups is 1. The first-order valence-corrected chi connectivity index (χ1v) is 14.6. The summed E-state index contributed by atoms with van der Waals surface area (Å²) in [5, 5.41) is 12.7. The molecule has 1 atom stereocenters. The fourth-order valence-corrected chi connectivity index (χ4v) is 6.58. The third kappa shape index (κ3) is 4.71. The van der Waals surface area contributed by atoms with Gasteiger partial charge in [0.05, 0.1) is 27.7 Å². The van der Waals surface area contributed by atoms with E-state index in [1.54, 1.807) is 0 Å². The average Bonchev–Trinajstić information content (AvgIpc) is 2.97. The Morgan fingerprint density at radius 2 is 1.76 bits per heavy atom. The third-order valence-corrected chi connectivity index (χ3v) is 8.83. The number of allylic oxidation sites excluding steroid dienone is 3. The fourth-order valence-electron chi connectivity index (χ4n) is 6.18. The average molecular weight is 605 g/mol. The van der Waals surface area contributed by atoms with Crippen LogP contribution in [0.25, 0.3) is 10.8 Å². The Balaban J connectivity index is 1.50. The molecule has 0 radical (unpaired) electrons. The maximum absolute atomic E-state index is 13.7. The smallest absolute Gasteiger partial charge is 0.161 e. The van der Waals surface area contributed by atoms with Crippen LogP contribution in [0.1, 0.15) is 47.4 Å². The van der Waals surface area contributed by atoms with Crippen molar-refractivity contribution >= 4 is 38.2 Å². The summed E-state index contributed by atoms with van der Waals surface area (Å²) in [6.07, 6.45) is 1.92. The van der Waals surface area contributed by atoms with Gasteiger partial charge in [-0.2, -0.15) is 5.26 Å². The molecule has 204 valence electrons. The number of anilines is 1. The van der Waals surface area contributed by atoms with Gasteiger partial charge in [-0.15, -0.1) is 0 Å². The van der Waals surface area contributed by atoms with Crippen molar-refractivity contribution in [1.82, 2.24) is 0 Å². The second-order valence-corrected chi connectivity index (χ2v) is 11.5. The van der Waals surface area contributed by atoms with Gasteiger partial charge in [-0.25, -0.2) is 0 Å². The number of nitrogens with two attached hydrogens (primary N) is 1. The number of nitrogens with zero attached hydrogens (tertiary/aromatic N) is 2. The number of ether oxygens (including phenoxy) is 1. The van der Waals surface area contributed by atoms with E-state index < -0.39 is 5.92 Å². The molecule has 0 bridgehead atoms. The van der Waals surface area contributed by atoms with Crippen LogP contribution in [0, 0.1) is 25.2 Å². The lowest BCUT2D eigenvalue weighted by Crippen LogP contribution is -2.39. The Hall–Kier alpha value is -4.34. The van der Waals surface area contributed by atoms with Crippen LogP contribution in [0.4, 0.5) is 5.69 Å². The number of carbonyl (C=O) groups excluding carboxylic acids is 1. The van der Waals surface area contributed by atoms with Crippen LogP contribution in [0.2, 0.25) is 0 Å². The number of ketones is 1. The molecule has 0 aromatic heterocycles. The van der Waals surface area contributed by atoms with Gasteiger partial charge in [-0.1, -0.05) is 60.7 Å². The lowest BCUT2D eigenvalue weighted by atomic mass is 9.74. The minimum atomic E-state index is -0.531. The summed E-state index contributed by atoms with van der Waals surface area (Å²) in [6, 6.07) is 28.6. The summed E-state index contributed by atoms with van der Waals surface area (Å²) in [5.74, 6) is 0.685. The van der Waals surface area contributed by atoms with Gasteiger partial charge in [-0.05, 0) is 88.5 Å². The molecule has 0 fully saturated rings. The number of para-hydroxylation sites is 1. The van der Waals surface area contributed by atoms with E-state index in [2.05, 4.69) is 59.3 Å². The number of hydrogen-bond donors (Lipinski definition) is 1. The monoisotopic (exact) mass is 603 g/mol. The second kappa shape index (κ2) is 10.9. The first kappa shape index (κ1) is 26.9. The number of rotatable bonds is 5. The van der Waals surface area contributed by atoms with E-state index in [4.69, 9.17) is 10.5 Å². The Morgan fingerprint density at radius 3 is 2.56 bits per heavy atom. The van der Waals surface area contributed by atoms with E-state index in [0.29, 0.717) is 36.4 Å². The molecule has 2 aliphatic rings. The van der Waals surface area contributed by atoms with E-state index in [1.807, 2.05) is 60.4 Å². The number of Topliss-reactive ketones (excluding diaryl/α,β-unsaturated/α-hetero) is 1. The molecule has 1 aliphatic heterocycles. The number of fused-ring (bicyclic) bond motifs is 1. The standard InChI is InChI=1S/C35H30BrN3O2/c1-21-17-22(2)26(18-24(21)20-41-32-16-6-5-12-28(32)36)33-27(19-37)35(38)39(30-14-8-15-31(40)34(30)33)29-13-7-10-23-9-3-4-11-25(23)29/h3-7,9-13,16-18,33H,8,14-15,20,38H2,1-2H3. The van der Waals surface area contributed by atoms with Crippen molar-refractivity contribution in [2.75, 3.05) is 4.90 Å². The highest BCUT2D eigenvalue weighted by Gasteiger charge is 2.41. The normalized spacial score (nSPS) is 17.1. The molecule has 0 spiro atoms. The van der Waals surface area contributed by atoms with Crippen LogP contribution in [-0.4, -0.2) is 5.78 Å². The zero-order valence-electron chi connectivity index (χ0n) is 23.1. The van der Waals surface area contributed by atoms with Crippen LogP contribution in [0.15, 0.2) is 106 Å². The SMILES string of the molecule is Cc1cc(C)c(C2C(C#N)=C(N)N(c3cccc4ccccc34)C3=C2C(=O)CCC3)cc1COc1ccccc1Br. The van der Waals surface area contributed by atoms with E-state index in [0.717, 1.165) is 61.1 Å². The Bertz CT molecular complexity index is 1810. The summed E-state index contributed by atoms with van der Waals surface area (Å²) in [7, 11) is 0. The summed E-state index contributed by atoms with van der Waals surface area (Å²) in [5.41, 5.74) is 13.8. The number of aryl methyl sites for hydroxylation is 2. The highest BCUT2D eigenvalue weighted by molar-refractivity contribution is 9.10. The predicted molar refractivity (Wildman–Crippen MR) is 166 cm³/mol. The van der Waals surface area contributed by atoms with Crippen LogP contribution < -0.4 is 15.4 Å². The number of nitriles is 1. The summed E-state index contributed by atoms with van der Waals surface area (Å²) in [4.78, 5) is 15.7. The Labute approximate surface area is 248 Å². The Morgan fingerprint density at radius 1 is 1.00 bits per heavy atom. The van der Waals surface area contributed by atoms with Crippen molar-refractivity contribution < 1.29 is 9.53 Å². The van der Waals surface area contributed by atoms with Gasteiger partial charge in [-0.3, -0.25) is 9.69 Å². The number of benzene rings is 4. The maximum atomic E-state index is 13.7. The summed E-state index contributed by atoms with van der Waals surface area (Å²) < 4.78 is 7.05. The molecule has 5 nitrogen and oxygen atoms in total. The van der Waals surface area contributed by atoms with Crippen LogP contribution in [-0.2, 0) is 11.4 Å². The van der Waals surface area contributed by atoms with Crippen molar-refractivity contribution in [1.29, 1.82) is 5.26 Å². The van der Waals surface area contributed by atoms with Crippen molar-refractivity contribution in [3.63, 3.8) is 0 Å². The number of hydrogen-bond acceptors (Lipinski definition) is 5. The van der Waals surface area contributed by atoms with Crippen LogP contribution in [0.3, 0.4) is 0 Å². The first-order valence-electron chi connectivity index (χ1n) is 13.8. The van der Waals surface area contributed by atoms with Gasteiger partial charge in [0.1, 0.15) is 18.2 Å². The molecule has 1 aliphatic carbocycles. The zero-order chi connectivity index (χ0) is 28.7. The van der Waals surface area contributed by atoms with Crippen LogP contribution >= 0.6 is 15.9 Å². The molecule has 4 aromatic carbocycles. The summed E-state index contributed by atoms with van der Waals surface area (Å²) >= 11 is 3.56. The minimum absolute atomic E-state index is 0.0766. The molecule has 1 unspecified atom stereocenters. The zero-order valence-corrected chi connectivity index (χ0v) is 24.7. The Kier molecular flexibility index (Phi) is 7.15. The van der Waals surface area contributed by atoms with Crippen molar-refractivity contribution in [2.45, 2.75) is 45.6 Å². The number of halogens is 1. The highest BCUT2D eigenvalue weighted by atomic mass is 79.9. The van der Waals surface area contributed by atoms with Crippen molar-refractivity contribution in [3.05, 3.63) is 128 Å². The van der Waals surface area contributed by atoms with E-state index in [-0.39, 0.29) is 5.78 Å². The predicted octanol–water partition coefficient (Wildman–Crippen LogP) is 8.10. The molecule has 0 saturated heterocycles. The van der Waals surface area contributed by atoms with Gasteiger partial charge >= 0.3 is 0 Å². The van der Waals surface area contributed by atoms with Gasteiger partial charge in [0.15, 0.2) is 5.78 Å². The molecular formula is C35H30BrN3O2. The highest BCUT2D eigenvalue weighted by Crippen LogP contribution is 2.48. The second-order valence-electron chi connectivity index (χ2n) is 10.7. The van der Waals surface area contributed by atoms with E-state index in [9.17, 15) is 10.1 Å². The van der Waals surface area contributed by atoms with Gasteiger partial charge in [0.2, 0.25) is 0 Å². The van der Waals surface area contributed by atoms with Gasteiger partial charge in [0.25, 0.3) is 0 Å². The van der Waals surface area contributed by atoms with Gasteiger partial charge < -0.3 is 10.5 Å². The van der Waals surface area contributed by atoms with Gasteiger partial charge in [0, 0.05) is 23.1 Å². The van der Waals surface area contributed by atoms with Crippen molar-refractivity contribution in [3.8, 4) is 11.8 Å². The first-order chi connectivity index (χ1) is 19.9. The molecule has 6 rings (SSSR count). The largest absolute Gasteiger partial charge is 0.488 e. The lowest BCUT2D eigenvalue weighted by molar-refractivity contribution is -0.116. The summed E-state index contributed by atoms with van der Waals surface area (Å²) in [6.45, 7) is 4.46. The molecular weight excluding hydrogens is 574 g/mol. The molecule has 41 heavy (non-hydrogen) atoms. The molecule has 6 heteroatoms. The lowest BCUT2D eigenvalue weighted by Gasteiger charge is -2.40. The van der Waals surface area contributed by atoms with E-state index >= 15 is 0 Å². The molecule has 0 saturated carbocycles. The van der Waals surface area contributed by atoms with Crippen LogP contribution in [0.5, 0.6) is 5.75 Å². The molecule has 0 amide bonds. The molecule has 1 heterocycles. The van der Waals surface area contributed by atoms with Crippen molar-refractivity contribution in [2.24, 2.45) is 5.73 Å². The minimum Gasteiger partial charge on any atom is -0.488 e. The fraction of sp³-hybridized carbons (Fsp3) is 0.200. The molecule has 4 aromatic rings. The quantitative estimate of drug-likeness (QED) is 0.249. The third-order valence-electron chi connectivity index (χ3n) is 8.18. The van der Waals surface area contributed by atoms with E-state index in [1.165, 1.54) is 0 Å².